The third-order valence-corrected chi connectivity index (χ3v) is 9.67. The van der Waals surface area contributed by atoms with Crippen molar-refractivity contribution in [3.63, 3.8) is 0 Å². The monoisotopic (exact) mass is 565 g/mol. The number of thiophene rings is 1. The Kier molecular flexibility index (Phi) is 8.62. The quantitative estimate of drug-likeness (QED) is 0.319. The van der Waals surface area contributed by atoms with Gasteiger partial charge >= 0.3 is 0 Å². The van der Waals surface area contributed by atoms with Crippen molar-refractivity contribution < 1.29 is 14.4 Å². The van der Waals surface area contributed by atoms with Gasteiger partial charge in [-0.25, -0.2) is 0 Å². The molecule has 0 aliphatic heterocycles. The first-order chi connectivity index (χ1) is 18.9. The number of rotatable bonds is 8. The summed E-state index contributed by atoms with van der Waals surface area (Å²) in [6.07, 6.45) is 11.2. The number of hydrogen-bond acceptors (Lipinski definition) is 7. The van der Waals surface area contributed by atoms with Crippen molar-refractivity contribution in [3.8, 4) is 0 Å². The van der Waals surface area contributed by atoms with Crippen LogP contribution in [0.25, 0.3) is 0 Å². The molecule has 0 radical (unpaired) electrons. The maximum atomic E-state index is 14.2. The van der Waals surface area contributed by atoms with Crippen LogP contribution in [0.2, 0.25) is 0 Å². The van der Waals surface area contributed by atoms with Gasteiger partial charge in [-0.15, -0.1) is 11.3 Å². The molecule has 5 N–H and O–H groups in total. The number of aromatic nitrogens is 1. The van der Waals surface area contributed by atoms with E-state index in [2.05, 4.69) is 21.8 Å². The maximum Gasteiger partial charge on any atom is 0.273 e. The molecule has 2 aliphatic carbocycles. The summed E-state index contributed by atoms with van der Waals surface area (Å²) in [5, 5.41) is 5.12. The zero-order chi connectivity index (χ0) is 27.4. The second-order valence-corrected chi connectivity index (χ2v) is 12.3. The zero-order valence-corrected chi connectivity index (χ0v) is 23.6. The number of nitrogen functional groups attached to an aromatic ring is 1. The molecule has 39 heavy (non-hydrogen) atoms. The molecule has 2 saturated carbocycles. The summed E-state index contributed by atoms with van der Waals surface area (Å²) >= 11 is 2.25. The van der Waals surface area contributed by atoms with E-state index in [4.69, 9.17) is 11.5 Å². The molecule has 5 rings (SSSR count). The first kappa shape index (κ1) is 27.3. The third-order valence-electron chi connectivity index (χ3n) is 7.89. The minimum absolute atomic E-state index is 0.0565. The van der Waals surface area contributed by atoms with Crippen LogP contribution in [-0.2, 0) is 4.79 Å². The summed E-state index contributed by atoms with van der Waals surface area (Å²) < 4.78 is 4.04. The molecule has 1 unspecified atom stereocenters. The summed E-state index contributed by atoms with van der Waals surface area (Å²) in [4.78, 5) is 42.3. The van der Waals surface area contributed by atoms with Crippen LogP contribution >= 0.6 is 22.9 Å². The van der Waals surface area contributed by atoms with Gasteiger partial charge in [0, 0.05) is 16.6 Å². The lowest BCUT2D eigenvalue weighted by atomic mass is 9.84. The predicted octanol–water partition coefficient (Wildman–Crippen LogP) is 5.77. The van der Waals surface area contributed by atoms with Crippen molar-refractivity contribution in [2.75, 3.05) is 10.6 Å². The highest BCUT2D eigenvalue weighted by molar-refractivity contribution is 7.10. The first-order valence-electron chi connectivity index (χ1n) is 13.8. The second kappa shape index (κ2) is 12.3. The van der Waals surface area contributed by atoms with E-state index in [1.807, 2.05) is 29.6 Å². The lowest BCUT2D eigenvalue weighted by Crippen LogP contribution is -2.47. The van der Waals surface area contributed by atoms with Gasteiger partial charge in [-0.2, -0.15) is 4.37 Å². The first-order valence-corrected chi connectivity index (χ1v) is 15.4. The Morgan fingerprint density at radius 1 is 0.949 bits per heavy atom. The van der Waals surface area contributed by atoms with Gasteiger partial charge < -0.3 is 16.8 Å². The highest BCUT2D eigenvalue weighted by Crippen LogP contribution is 2.37. The number of benzene rings is 1. The van der Waals surface area contributed by atoms with E-state index in [-0.39, 0.29) is 28.2 Å². The molecule has 10 heteroatoms. The number of carbonyl (C=O) groups excluding carboxylic acids is 3. The Bertz CT molecular complexity index is 1290. The minimum Gasteiger partial charge on any atom is -0.395 e. The van der Waals surface area contributed by atoms with E-state index in [9.17, 15) is 14.4 Å². The van der Waals surface area contributed by atoms with Crippen LogP contribution in [0.3, 0.4) is 0 Å². The highest BCUT2D eigenvalue weighted by Gasteiger charge is 2.37. The number of nitrogens with one attached hydrogen (secondary N) is 1. The average Bonchev–Trinajstić information content (AvgIpc) is 3.62. The molecule has 8 nitrogen and oxygen atoms in total. The molecule has 0 saturated heterocycles. The molecular formula is C29H35N5O3S2. The summed E-state index contributed by atoms with van der Waals surface area (Å²) in [6, 6.07) is 10.9. The van der Waals surface area contributed by atoms with Crippen molar-refractivity contribution in [1.82, 2.24) is 9.69 Å². The van der Waals surface area contributed by atoms with E-state index in [1.165, 1.54) is 47.5 Å². The van der Waals surface area contributed by atoms with Crippen molar-refractivity contribution in [2.45, 2.75) is 82.2 Å². The van der Waals surface area contributed by atoms with Gasteiger partial charge in [0.2, 0.25) is 5.91 Å². The molecule has 0 bridgehead atoms. The smallest absolute Gasteiger partial charge is 0.273 e. The van der Waals surface area contributed by atoms with E-state index >= 15 is 0 Å². The molecule has 1 aromatic carbocycles. The summed E-state index contributed by atoms with van der Waals surface area (Å²) in [5.74, 6) is -1.00. The van der Waals surface area contributed by atoms with Crippen LogP contribution < -0.4 is 21.7 Å². The second-order valence-electron chi connectivity index (χ2n) is 10.5. The standard InChI is InChI=1S/C29H35N5O3S2/c30-23-24(27(31)35)33-39-26(23)29(37)34(21-15-13-19(14-16-21)18-8-3-1-4-9-18)25(22-12-7-17-38-22)28(36)32-20-10-5-2-6-11-20/h7,12-18,20,25H,1-6,8-11,30H2,(H2,31,35)(H,32,36). The molecule has 2 fully saturated rings. The fraction of sp³-hybridized carbons (Fsp3) is 0.448. The number of carbonyl (C=O) groups is 3. The van der Waals surface area contributed by atoms with Crippen molar-refractivity contribution >= 4 is 52.0 Å². The lowest BCUT2D eigenvalue weighted by Gasteiger charge is -2.33. The average molecular weight is 566 g/mol. The maximum absolute atomic E-state index is 14.2. The number of primary amides is 1. The topological polar surface area (TPSA) is 131 Å². The summed E-state index contributed by atoms with van der Waals surface area (Å²) in [7, 11) is 0. The normalized spacial score (nSPS) is 17.4. The van der Waals surface area contributed by atoms with Gasteiger partial charge in [0.25, 0.3) is 11.8 Å². The number of amides is 3. The number of nitrogens with two attached hydrogens (primary N) is 2. The number of hydrogen-bond donors (Lipinski definition) is 3. The molecule has 2 heterocycles. The largest absolute Gasteiger partial charge is 0.395 e. The molecule has 3 aromatic rings. The SMILES string of the molecule is NC(=O)c1nsc(C(=O)N(c2ccc(C3CCCCC3)cc2)C(C(=O)NC2CCCCC2)c2cccs2)c1N. The number of nitrogens with zero attached hydrogens (tertiary/aromatic N) is 2. The van der Waals surface area contributed by atoms with E-state index in [0.717, 1.165) is 54.9 Å². The van der Waals surface area contributed by atoms with Crippen LogP contribution in [0.15, 0.2) is 41.8 Å². The van der Waals surface area contributed by atoms with Crippen molar-refractivity contribution in [2.24, 2.45) is 5.73 Å². The van der Waals surface area contributed by atoms with Crippen LogP contribution in [0.4, 0.5) is 11.4 Å². The van der Waals surface area contributed by atoms with Crippen LogP contribution in [0.5, 0.6) is 0 Å². The molecule has 1 atom stereocenters. The molecule has 2 aliphatic rings. The highest BCUT2D eigenvalue weighted by atomic mass is 32.1. The molecule has 0 spiro atoms. The van der Waals surface area contributed by atoms with Crippen LogP contribution in [0.1, 0.15) is 107 Å². The van der Waals surface area contributed by atoms with Gasteiger partial charge in [0.1, 0.15) is 4.88 Å². The fourth-order valence-electron chi connectivity index (χ4n) is 5.81. The van der Waals surface area contributed by atoms with Crippen molar-refractivity contribution in [1.29, 1.82) is 0 Å². The minimum atomic E-state index is -0.904. The van der Waals surface area contributed by atoms with Crippen LogP contribution in [-0.4, -0.2) is 28.1 Å². The van der Waals surface area contributed by atoms with E-state index in [1.54, 1.807) is 0 Å². The molecule has 3 amide bonds. The van der Waals surface area contributed by atoms with E-state index < -0.39 is 17.9 Å². The van der Waals surface area contributed by atoms with E-state index in [0.29, 0.717) is 11.6 Å². The Labute approximate surface area is 236 Å². The third kappa shape index (κ3) is 6.01. The fourth-order valence-corrected chi connectivity index (χ4v) is 7.37. The lowest BCUT2D eigenvalue weighted by molar-refractivity contribution is -0.123. The van der Waals surface area contributed by atoms with Crippen LogP contribution in [0, 0.1) is 0 Å². The van der Waals surface area contributed by atoms with Crippen molar-refractivity contribution in [3.05, 3.63) is 62.8 Å². The van der Waals surface area contributed by atoms with Gasteiger partial charge in [0.05, 0.1) is 5.69 Å². The summed E-state index contributed by atoms with van der Waals surface area (Å²) in [5.41, 5.74) is 13.3. The molecule has 206 valence electrons. The predicted molar refractivity (Wildman–Crippen MR) is 156 cm³/mol. The van der Waals surface area contributed by atoms with Gasteiger partial charge in [-0.3, -0.25) is 19.3 Å². The number of anilines is 2. The van der Waals surface area contributed by atoms with Gasteiger partial charge in [-0.1, -0.05) is 56.7 Å². The Balaban J connectivity index is 1.55. The molecular weight excluding hydrogens is 530 g/mol. The Morgan fingerprint density at radius 2 is 1.62 bits per heavy atom. The van der Waals surface area contributed by atoms with Gasteiger partial charge in [0.15, 0.2) is 11.7 Å². The Hall–Kier alpha value is -3.24. The summed E-state index contributed by atoms with van der Waals surface area (Å²) in [6.45, 7) is 0. The Morgan fingerprint density at radius 3 is 2.21 bits per heavy atom. The van der Waals surface area contributed by atoms with Gasteiger partial charge in [-0.05, 0) is 72.3 Å². The molecule has 2 aromatic heterocycles. The zero-order valence-electron chi connectivity index (χ0n) is 21.9.